The van der Waals surface area contributed by atoms with Crippen molar-refractivity contribution in [3.8, 4) is 0 Å². The second-order valence-electron chi connectivity index (χ2n) is 8.92. The molecule has 0 radical (unpaired) electrons. The molecule has 0 aromatic heterocycles. The maximum Gasteiger partial charge on any atom is 0.240 e. The lowest BCUT2D eigenvalue weighted by Crippen LogP contribution is -2.59. The lowest BCUT2D eigenvalue weighted by molar-refractivity contribution is -0.0888. The highest BCUT2D eigenvalue weighted by molar-refractivity contribution is 5.30. The largest absolute Gasteiger partial charge is 0.240 e. The highest BCUT2D eigenvalue weighted by Crippen LogP contribution is 2.67. The van der Waals surface area contributed by atoms with Crippen LogP contribution >= 0.6 is 0 Å². The lowest BCUT2D eigenvalue weighted by atomic mass is 9.46. The van der Waals surface area contributed by atoms with Gasteiger partial charge in [-0.1, -0.05) is 98.1 Å². The molecule has 2 unspecified atom stereocenters. The van der Waals surface area contributed by atoms with Gasteiger partial charge >= 0.3 is 0 Å². The van der Waals surface area contributed by atoms with Gasteiger partial charge in [-0.25, -0.2) is 0 Å². The molecule has 0 saturated carbocycles. The van der Waals surface area contributed by atoms with Crippen LogP contribution in [0.5, 0.6) is 0 Å². The Kier molecular flexibility index (Phi) is 6.96. The van der Waals surface area contributed by atoms with Gasteiger partial charge in [-0.2, -0.15) is 9.78 Å². The van der Waals surface area contributed by atoms with Gasteiger partial charge in [-0.15, -0.1) is 0 Å². The van der Waals surface area contributed by atoms with Gasteiger partial charge in [0.1, 0.15) is 0 Å². The minimum absolute atomic E-state index is 0.0531. The van der Waals surface area contributed by atoms with Crippen LogP contribution in [0.3, 0.4) is 0 Å². The van der Waals surface area contributed by atoms with Crippen LogP contribution in [-0.4, -0.2) is 5.79 Å². The van der Waals surface area contributed by atoms with Gasteiger partial charge in [0.15, 0.2) is 0 Å². The lowest BCUT2D eigenvalue weighted by Gasteiger charge is -2.56. The van der Waals surface area contributed by atoms with Gasteiger partial charge in [-0.05, 0) is 30.2 Å². The zero-order chi connectivity index (χ0) is 19.4. The highest BCUT2D eigenvalue weighted by atomic mass is 17.4. The van der Waals surface area contributed by atoms with Crippen molar-refractivity contribution in [3.63, 3.8) is 0 Å². The standard InChI is InChI=1S/C24H40O2/c1-8-11-16-21(15-9-2)24(19(4)5,23(10-3)25-26-23)22(6,7)20-17-13-12-14-18-20/h12-14,17-19,21H,8-11,15-16H2,1-7H3. The van der Waals surface area contributed by atoms with Gasteiger partial charge in [0.05, 0.1) is 0 Å². The summed E-state index contributed by atoms with van der Waals surface area (Å²) >= 11 is 0. The summed E-state index contributed by atoms with van der Waals surface area (Å²) in [6, 6.07) is 11.0. The first-order chi connectivity index (χ1) is 12.3. The monoisotopic (exact) mass is 360 g/mol. The fourth-order valence-electron chi connectivity index (χ4n) is 6.02. The maximum absolute atomic E-state index is 5.89. The molecule has 0 amide bonds. The molecule has 1 aliphatic rings. The van der Waals surface area contributed by atoms with Gasteiger partial charge in [0.2, 0.25) is 5.79 Å². The summed E-state index contributed by atoms with van der Waals surface area (Å²) in [5.74, 6) is 0.562. The van der Waals surface area contributed by atoms with Crippen LogP contribution in [0.2, 0.25) is 0 Å². The van der Waals surface area contributed by atoms with Gasteiger partial charge in [0.25, 0.3) is 0 Å². The summed E-state index contributed by atoms with van der Waals surface area (Å²) in [7, 11) is 0. The minimum atomic E-state index is -0.464. The summed E-state index contributed by atoms with van der Waals surface area (Å²) in [4.78, 5) is 11.8. The zero-order valence-corrected chi connectivity index (χ0v) is 18.1. The third kappa shape index (κ3) is 3.36. The van der Waals surface area contributed by atoms with Crippen LogP contribution in [0.1, 0.15) is 92.6 Å². The van der Waals surface area contributed by atoms with E-state index in [-0.39, 0.29) is 10.8 Å². The van der Waals surface area contributed by atoms with Crippen LogP contribution in [0.25, 0.3) is 0 Å². The van der Waals surface area contributed by atoms with Crippen LogP contribution in [0, 0.1) is 17.3 Å². The molecule has 1 heterocycles. The molecule has 2 nitrogen and oxygen atoms in total. The minimum Gasteiger partial charge on any atom is -0.194 e. The zero-order valence-electron chi connectivity index (χ0n) is 18.1. The SMILES string of the molecule is CCCCC(CCC)C(C(C)C)(C1(CC)OO1)C(C)(C)c1ccccc1. The quantitative estimate of drug-likeness (QED) is 0.306. The molecule has 2 atom stereocenters. The second kappa shape index (κ2) is 8.44. The van der Waals surface area contributed by atoms with Crippen molar-refractivity contribution in [2.75, 3.05) is 0 Å². The van der Waals surface area contributed by atoms with Gasteiger partial charge in [0, 0.05) is 17.3 Å². The molecular weight excluding hydrogens is 320 g/mol. The van der Waals surface area contributed by atoms with Crippen molar-refractivity contribution in [1.82, 2.24) is 0 Å². The van der Waals surface area contributed by atoms with Crippen molar-refractivity contribution >= 4 is 0 Å². The summed E-state index contributed by atoms with van der Waals surface area (Å²) in [5.41, 5.74) is 1.27. The first kappa shape index (κ1) is 21.4. The third-order valence-electron chi connectivity index (χ3n) is 7.01. The average molecular weight is 361 g/mol. The van der Waals surface area contributed by atoms with Crippen molar-refractivity contribution in [1.29, 1.82) is 0 Å². The van der Waals surface area contributed by atoms with Crippen molar-refractivity contribution in [2.45, 2.75) is 98.2 Å². The first-order valence-corrected chi connectivity index (χ1v) is 10.8. The molecular formula is C24H40O2. The van der Waals surface area contributed by atoms with E-state index in [1.54, 1.807) is 0 Å². The van der Waals surface area contributed by atoms with E-state index in [1.165, 1.54) is 37.7 Å². The molecule has 0 aliphatic carbocycles. The Labute approximate surface area is 161 Å². The van der Waals surface area contributed by atoms with E-state index in [9.17, 15) is 0 Å². The van der Waals surface area contributed by atoms with Crippen LogP contribution < -0.4 is 0 Å². The molecule has 1 saturated heterocycles. The average Bonchev–Trinajstić information content (AvgIpc) is 3.41. The fraction of sp³-hybridized carbons (Fsp3) is 0.750. The first-order valence-electron chi connectivity index (χ1n) is 10.8. The maximum atomic E-state index is 5.89. The van der Waals surface area contributed by atoms with Crippen molar-refractivity contribution < 1.29 is 9.78 Å². The highest BCUT2D eigenvalue weighted by Gasteiger charge is 2.72. The predicted molar refractivity (Wildman–Crippen MR) is 110 cm³/mol. The Morgan fingerprint density at radius 1 is 0.923 bits per heavy atom. The summed E-state index contributed by atoms with van der Waals surface area (Å²) in [5, 5.41) is 0. The fourth-order valence-corrected chi connectivity index (χ4v) is 6.02. The molecule has 2 rings (SSSR count). The molecule has 0 N–H and O–H groups in total. The van der Waals surface area contributed by atoms with E-state index in [0.29, 0.717) is 11.8 Å². The molecule has 26 heavy (non-hydrogen) atoms. The second-order valence-corrected chi connectivity index (χ2v) is 8.92. The van der Waals surface area contributed by atoms with Crippen LogP contribution in [0.15, 0.2) is 30.3 Å². The summed E-state index contributed by atoms with van der Waals surface area (Å²) in [6.07, 6.45) is 7.07. The number of hydrogen-bond donors (Lipinski definition) is 0. The Hall–Kier alpha value is -0.860. The Morgan fingerprint density at radius 2 is 1.54 bits per heavy atom. The molecule has 1 aliphatic heterocycles. The summed E-state index contributed by atoms with van der Waals surface area (Å²) in [6.45, 7) is 16.4. The molecule has 148 valence electrons. The molecule has 1 aromatic rings. The molecule has 0 bridgehead atoms. The molecule has 0 spiro atoms. The van der Waals surface area contributed by atoms with Crippen molar-refractivity contribution in [2.24, 2.45) is 17.3 Å². The molecule has 1 aromatic carbocycles. The predicted octanol–water partition coefficient (Wildman–Crippen LogP) is 7.28. The smallest absolute Gasteiger partial charge is 0.194 e. The third-order valence-corrected chi connectivity index (χ3v) is 7.01. The molecule has 1 fully saturated rings. The topological polar surface area (TPSA) is 25.1 Å². The van der Waals surface area contributed by atoms with Gasteiger partial charge < -0.3 is 0 Å². The Balaban J connectivity index is 2.67. The van der Waals surface area contributed by atoms with E-state index in [1.807, 2.05) is 0 Å². The number of hydrogen-bond acceptors (Lipinski definition) is 2. The summed E-state index contributed by atoms with van der Waals surface area (Å²) < 4.78 is 0. The molecule has 2 heteroatoms. The van der Waals surface area contributed by atoms with E-state index < -0.39 is 5.79 Å². The van der Waals surface area contributed by atoms with Gasteiger partial charge in [-0.3, -0.25) is 0 Å². The van der Waals surface area contributed by atoms with E-state index in [4.69, 9.17) is 9.78 Å². The van der Waals surface area contributed by atoms with Crippen LogP contribution in [-0.2, 0) is 15.2 Å². The Bertz CT molecular complexity index is 545. The van der Waals surface area contributed by atoms with Crippen molar-refractivity contribution in [3.05, 3.63) is 35.9 Å². The van der Waals surface area contributed by atoms with E-state index >= 15 is 0 Å². The number of benzene rings is 1. The number of rotatable bonds is 11. The van der Waals surface area contributed by atoms with E-state index in [2.05, 4.69) is 78.8 Å². The Morgan fingerprint density at radius 3 is 1.96 bits per heavy atom. The van der Waals surface area contributed by atoms with Crippen LogP contribution in [0.4, 0.5) is 0 Å². The normalized spacial score (nSPS) is 20.0. The number of unbranched alkanes of at least 4 members (excludes halogenated alkanes) is 1. The van der Waals surface area contributed by atoms with E-state index in [0.717, 1.165) is 6.42 Å².